The maximum atomic E-state index is 11.1. The number of pyridine rings is 1. The predicted molar refractivity (Wildman–Crippen MR) is 69.9 cm³/mol. The van der Waals surface area contributed by atoms with E-state index in [1.807, 2.05) is 32.0 Å². The normalized spacial score (nSPS) is 10.3. The molecule has 0 amide bonds. The second-order valence-corrected chi connectivity index (χ2v) is 4.44. The van der Waals surface area contributed by atoms with E-state index in [-0.39, 0.29) is 0 Å². The monoisotopic (exact) mass is 241 g/mol. The standard InChI is InChI=1S/C15H15NO2/c1-10-6-11(2)14(15(17)18)8-13(10)7-12-4-3-5-16-9-12/h3-6,8-9H,7H2,1-2H3,(H,17,18). The van der Waals surface area contributed by atoms with Gasteiger partial charge in [-0.25, -0.2) is 4.79 Å². The number of aryl methyl sites for hydroxylation is 2. The third-order valence-electron chi connectivity index (χ3n) is 3.03. The van der Waals surface area contributed by atoms with Gasteiger partial charge in [0.05, 0.1) is 5.56 Å². The topological polar surface area (TPSA) is 50.2 Å². The summed E-state index contributed by atoms with van der Waals surface area (Å²) in [5, 5.41) is 9.13. The first-order valence-corrected chi connectivity index (χ1v) is 5.80. The van der Waals surface area contributed by atoms with Crippen LogP contribution >= 0.6 is 0 Å². The molecule has 1 N–H and O–H groups in total. The van der Waals surface area contributed by atoms with Gasteiger partial charge >= 0.3 is 5.97 Å². The summed E-state index contributed by atoms with van der Waals surface area (Å²) in [6, 6.07) is 7.57. The molecule has 3 heteroatoms. The first-order chi connectivity index (χ1) is 8.58. The number of hydrogen-bond donors (Lipinski definition) is 1. The Balaban J connectivity index is 2.39. The van der Waals surface area contributed by atoms with Crippen LogP contribution in [0.25, 0.3) is 0 Å². The van der Waals surface area contributed by atoms with E-state index < -0.39 is 5.97 Å². The fourth-order valence-electron chi connectivity index (χ4n) is 2.04. The Labute approximate surface area is 106 Å². The Morgan fingerprint density at radius 1 is 1.28 bits per heavy atom. The Hall–Kier alpha value is -2.16. The van der Waals surface area contributed by atoms with Gasteiger partial charge in [-0.1, -0.05) is 12.1 Å². The third-order valence-corrected chi connectivity index (χ3v) is 3.03. The molecule has 0 aliphatic heterocycles. The molecule has 0 saturated heterocycles. The maximum Gasteiger partial charge on any atom is 0.335 e. The quantitative estimate of drug-likeness (QED) is 0.898. The average Bonchev–Trinajstić information content (AvgIpc) is 2.33. The van der Waals surface area contributed by atoms with Gasteiger partial charge < -0.3 is 5.11 Å². The van der Waals surface area contributed by atoms with Gasteiger partial charge in [0.2, 0.25) is 0 Å². The number of aromatic carboxylic acids is 1. The van der Waals surface area contributed by atoms with Crippen molar-refractivity contribution in [3.8, 4) is 0 Å². The Bertz CT molecular complexity index is 577. The number of hydrogen-bond acceptors (Lipinski definition) is 2. The highest BCUT2D eigenvalue weighted by molar-refractivity contribution is 5.89. The average molecular weight is 241 g/mol. The van der Waals surface area contributed by atoms with Crippen LogP contribution in [0.2, 0.25) is 0 Å². The molecule has 3 nitrogen and oxygen atoms in total. The molecule has 0 radical (unpaired) electrons. The minimum atomic E-state index is -0.875. The number of benzene rings is 1. The number of carboxylic acid groups (broad SMARTS) is 1. The molecule has 1 heterocycles. The molecule has 2 aromatic rings. The summed E-state index contributed by atoms with van der Waals surface area (Å²) in [7, 11) is 0. The van der Waals surface area contributed by atoms with Gasteiger partial charge in [-0.2, -0.15) is 0 Å². The molecule has 0 aliphatic rings. The van der Waals surface area contributed by atoms with Crippen molar-refractivity contribution >= 4 is 5.97 Å². The maximum absolute atomic E-state index is 11.1. The summed E-state index contributed by atoms with van der Waals surface area (Å²) >= 11 is 0. The minimum Gasteiger partial charge on any atom is -0.478 e. The van der Waals surface area contributed by atoms with Gasteiger partial charge in [0.1, 0.15) is 0 Å². The van der Waals surface area contributed by atoms with Crippen molar-refractivity contribution in [2.24, 2.45) is 0 Å². The van der Waals surface area contributed by atoms with Crippen molar-refractivity contribution in [3.63, 3.8) is 0 Å². The van der Waals surface area contributed by atoms with E-state index in [2.05, 4.69) is 4.98 Å². The first-order valence-electron chi connectivity index (χ1n) is 5.80. The highest BCUT2D eigenvalue weighted by atomic mass is 16.4. The summed E-state index contributed by atoms with van der Waals surface area (Å²) in [5.41, 5.74) is 4.41. The van der Waals surface area contributed by atoms with Gasteiger partial charge in [-0.15, -0.1) is 0 Å². The number of carbonyl (C=O) groups is 1. The van der Waals surface area contributed by atoms with Crippen molar-refractivity contribution in [2.75, 3.05) is 0 Å². The van der Waals surface area contributed by atoms with E-state index in [1.165, 1.54) is 0 Å². The zero-order chi connectivity index (χ0) is 13.1. The van der Waals surface area contributed by atoms with Crippen molar-refractivity contribution in [1.82, 2.24) is 4.98 Å². The van der Waals surface area contributed by atoms with E-state index >= 15 is 0 Å². The molecule has 0 aliphatic carbocycles. The zero-order valence-corrected chi connectivity index (χ0v) is 10.5. The molecule has 92 valence electrons. The third kappa shape index (κ3) is 2.56. The van der Waals surface area contributed by atoms with Crippen LogP contribution in [0.1, 0.15) is 32.6 Å². The van der Waals surface area contributed by atoms with Crippen LogP contribution in [0, 0.1) is 13.8 Å². The van der Waals surface area contributed by atoms with Crippen LogP contribution in [0.5, 0.6) is 0 Å². The van der Waals surface area contributed by atoms with E-state index in [1.54, 1.807) is 18.5 Å². The van der Waals surface area contributed by atoms with Gasteiger partial charge in [0.25, 0.3) is 0 Å². The lowest BCUT2D eigenvalue weighted by Gasteiger charge is -2.10. The Morgan fingerprint density at radius 2 is 2.06 bits per heavy atom. The lowest BCUT2D eigenvalue weighted by atomic mass is 9.96. The smallest absolute Gasteiger partial charge is 0.335 e. The molecular weight excluding hydrogens is 226 g/mol. The first kappa shape index (κ1) is 12.3. The molecule has 1 aromatic heterocycles. The van der Waals surface area contributed by atoms with Gasteiger partial charge in [-0.3, -0.25) is 4.98 Å². The number of aromatic nitrogens is 1. The van der Waals surface area contributed by atoms with Gasteiger partial charge in [0.15, 0.2) is 0 Å². The molecule has 18 heavy (non-hydrogen) atoms. The molecule has 0 fully saturated rings. The van der Waals surface area contributed by atoms with Gasteiger partial charge in [0, 0.05) is 12.4 Å². The molecule has 0 unspecified atom stereocenters. The van der Waals surface area contributed by atoms with Crippen molar-refractivity contribution < 1.29 is 9.90 Å². The minimum absolute atomic E-state index is 0.375. The largest absolute Gasteiger partial charge is 0.478 e. The zero-order valence-electron chi connectivity index (χ0n) is 10.5. The van der Waals surface area contributed by atoms with Crippen LogP contribution in [-0.4, -0.2) is 16.1 Å². The molecule has 2 rings (SSSR count). The lowest BCUT2D eigenvalue weighted by Crippen LogP contribution is -2.03. The van der Waals surface area contributed by atoms with Crippen LogP contribution in [0.15, 0.2) is 36.7 Å². The van der Waals surface area contributed by atoms with E-state index in [9.17, 15) is 4.79 Å². The highest BCUT2D eigenvalue weighted by Gasteiger charge is 2.10. The molecule has 1 aromatic carbocycles. The van der Waals surface area contributed by atoms with Crippen LogP contribution in [-0.2, 0) is 6.42 Å². The number of rotatable bonds is 3. The SMILES string of the molecule is Cc1cc(C)c(C(=O)O)cc1Cc1cccnc1. The molecule has 0 atom stereocenters. The number of carboxylic acids is 1. The summed E-state index contributed by atoms with van der Waals surface area (Å²) in [6.07, 6.45) is 4.24. The summed E-state index contributed by atoms with van der Waals surface area (Å²) in [4.78, 5) is 15.2. The fourth-order valence-corrected chi connectivity index (χ4v) is 2.04. The molecule has 0 bridgehead atoms. The summed E-state index contributed by atoms with van der Waals surface area (Å²) < 4.78 is 0. The lowest BCUT2D eigenvalue weighted by molar-refractivity contribution is 0.0696. The van der Waals surface area contributed by atoms with Crippen LogP contribution in [0.4, 0.5) is 0 Å². The second kappa shape index (κ2) is 5.00. The van der Waals surface area contributed by atoms with E-state index in [0.717, 1.165) is 22.3 Å². The van der Waals surface area contributed by atoms with Gasteiger partial charge in [-0.05, 0) is 54.7 Å². The fraction of sp³-hybridized carbons (Fsp3) is 0.200. The molecule has 0 spiro atoms. The van der Waals surface area contributed by atoms with Crippen LogP contribution in [0.3, 0.4) is 0 Å². The Kier molecular flexibility index (Phi) is 3.42. The number of nitrogens with zero attached hydrogens (tertiary/aromatic N) is 1. The predicted octanol–water partition coefficient (Wildman–Crippen LogP) is 2.99. The van der Waals surface area contributed by atoms with Crippen LogP contribution < -0.4 is 0 Å². The van der Waals surface area contributed by atoms with E-state index in [4.69, 9.17) is 5.11 Å². The highest BCUT2D eigenvalue weighted by Crippen LogP contribution is 2.19. The molecular formula is C15H15NO2. The van der Waals surface area contributed by atoms with Crippen molar-refractivity contribution in [1.29, 1.82) is 0 Å². The van der Waals surface area contributed by atoms with Crippen molar-refractivity contribution in [2.45, 2.75) is 20.3 Å². The molecule has 0 saturated carbocycles. The Morgan fingerprint density at radius 3 is 2.67 bits per heavy atom. The van der Waals surface area contributed by atoms with Crippen molar-refractivity contribution in [3.05, 3.63) is 64.5 Å². The van der Waals surface area contributed by atoms with E-state index in [0.29, 0.717) is 12.0 Å². The second-order valence-electron chi connectivity index (χ2n) is 4.44. The summed E-state index contributed by atoms with van der Waals surface area (Å²) in [5.74, 6) is -0.875. The summed E-state index contributed by atoms with van der Waals surface area (Å²) in [6.45, 7) is 3.83.